The Bertz CT molecular complexity index is 1010. The number of rotatable bonds is 6. The molecule has 0 radical (unpaired) electrons. The Morgan fingerprint density at radius 1 is 1.44 bits per heavy atom. The van der Waals surface area contributed by atoms with Crippen LogP contribution in [0.5, 0.6) is 0 Å². The number of pyridine rings is 1. The molecule has 0 saturated carbocycles. The summed E-state index contributed by atoms with van der Waals surface area (Å²) in [4.78, 5) is 21.7. The van der Waals surface area contributed by atoms with Crippen molar-refractivity contribution in [1.29, 1.82) is 0 Å². The van der Waals surface area contributed by atoms with Gasteiger partial charge in [0, 0.05) is 28.4 Å². The van der Waals surface area contributed by atoms with E-state index in [0.29, 0.717) is 21.1 Å². The Labute approximate surface area is 176 Å². The monoisotopic (exact) mass is 548 g/mol. The number of hydrogen-bond donors (Lipinski definition) is 3. The van der Waals surface area contributed by atoms with Gasteiger partial charge in [0.15, 0.2) is 0 Å². The molecule has 0 aliphatic heterocycles. The number of carbonyl (C=O) groups excluding carboxylic acids is 1. The zero-order valence-corrected chi connectivity index (χ0v) is 17.8. The topological polar surface area (TPSA) is 88.4 Å². The van der Waals surface area contributed by atoms with Gasteiger partial charge in [-0.2, -0.15) is 0 Å². The van der Waals surface area contributed by atoms with Gasteiger partial charge in [-0.15, -0.1) is 0 Å². The van der Waals surface area contributed by atoms with Crippen LogP contribution < -0.4 is 10.8 Å². The maximum absolute atomic E-state index is 14.4. The minimum atomic E-state index is -0.539. The van der Waals surface area contributed by atoms with Crippen LogP contribution in [0, 0.1) is 9.39 Å². The number of nitrogens with one attached hydrogen (secondary N) is 2. The average molecular weight is 549 g/mol. The molecular formula is C17H15BrFIN4O3. The molecule has 10 heteroatoms. The SMILES string of the molecule is Cn1c(C(=O)NOCCO)c(Nc2ccc(I)cc2F)c2cncc(Br)c21. The average Bonchev–Trinajstić information content (AvgIpc) is 2.91. The van der Waals surface area contributed by atoms with E-state index in [4.69, 9.17) is 9.94 Å². The number of anilines is 2. The van der Waals surface area contributed by atoms with Crippen LogP contribution in [0.1, 0.15) is 10.5 Å². The summed E-state index contributed by atoms with van der Waals surface area (Å²) in [6.07, 6.45) is 3.21. The van der Waals surface area contributed by atoms with Gasteiger partial charge in [-0.05, 0) is 56.7 Å². The van der Waals surface area contributed by atoms with Crippen molar-refractivity contribution in [3.63, 3.8) is 0 Å². The largest absolute Gasteiger partial charge is 0.394 e. The molecule has 1 aromatic carbocycles. The van der Waals surface area contributed by atoms with Gasteiger partial charge in [-0.1, -0.05) is 0 Å². The summed E-state index contributed by atoms with van der Waals surface area (Å²) < 4.78 is 17.5. The third kappa shape index (κ3) is 4.08. The molecule has 0 saturated heterocycles. The molecule has 0 fully saturated rings. The third-order valence-electron chi connectivity index (χ3n) is 3.81. The van der Waals surface area contributed by atoms with Gasteiger partial charge in [-0.3, -0.25) is 14.6 Å². The number of aryl methyl sites for hydroxylation is 1. The van der Waals surface area contributed by atoms with Crippen molar-refractivity contribution >= 4 is 66.7 Å². The highest BCUT2D eigenvalue weighted by Gasteiger charge is 2.24. The number of benzene rings is 1. The number of aromatic nitrogens is 2. The molecule has 0 aliphatic rings. The first kappa shape index (κ1) is 20.0. The second kappa shape index (κ2) is 8.50. The summed E-state index contributed by atoms with van der Waals surface area (Å²) in [5, 5.41) is 12.4. The first-order chi connectivity index (χ1) is 12.9. The summed E-state index contributed by atoms with van der Waals surface area (Å²) in [7, 11) is 1.71. The van der Waals surface area contributed by atoms with Crippen LogP contribution in [0.3, 0.4) is 0 Å². The first-order valence-corrected chi connectivity index (χ1v) is 9.68. The Morgan fingerprint density at radius 3 is 2.93 bits per heavy atom. The highest BCUT2D eigenvalue weighted by atomic mass is 127. The van der Waals surface area contributed by atoms with Gasteiger partial charge in [0.1, 0.15) is 11.5 Å². The molecule has 2 heterocycles. The molecular weight excluding hydrogens is 534 g/mol. The standard InChI is InChI=1S/C17H15BrFIN4O3/c1-24-15-10(7-21-8-11(15)18)14(16(24)17(26)23-27-5-4-25)22-13-3-2-9(20)6-12(13)19/h2-3,6-8,22,25H,4-5H2,1H3,(H,23,26). The van der Waals surface area contributed by atoms with E-state index in [1.807, 2.05) is 22.6 Å². The van der Waals surface area contributed by atoms with Gasteiger partial charge in [-0.25, -0.2) is 9.87 Å². The van der Waals surface area contributed by atoms with Crippen LogP contribution in [0.2, 0.25) is 0 Å². The minimum Gasteiger partial charge on any atom is -0.394 e. The fourth-order valence-electron chi connectivity index (χ4n) is 2.69. The normalized spacial score (nSPS) is 11.0. The predicted octanol–water partition coefficient (Wildman–Crippen LogP) is 3.48. The van der Waals surface area contributed by atoms with Crippen molar-refractivity contribution in [2.45, 2.75) is 0 Å². The smallest absolute Gasteiger partial charge is 0.293 e. The molecule has 3 N–H and O–H groups in total. The number of hydroxylamine groups is 1. The molecule has 27 heavy (non-hydrogen) atoms. The van der Waals surface area contributed by atoms with Gasteiger partial charge < -0.3 is 15.0 Å². The van der Waals surface area contributed by atoms with Crippen molar-refractivity contribution in [3.05, 3.63) is 50.1 Å². The van der Waals surface area contributed by atoms with Crippen LogP contribution in [-0.2, 0) is 11.9 Å². The second-order valence-electron chi connectivity index (χ2n) is 5.55. The Hall–Kier alpha value is -1.76. The summed E-state index contributed by atoms with van der Waals surface area (Å²) in [6, 6.07) is 4.76. The summed E-state index contributed by atoms with van der Waals surface area (Å²) in [5.41, 5.74) is 3.85. The quantitative estimate of drug-likeness (QED) is 0.249. The van der Waals surface area contributed by atoms with Crippen LogP contribution in [-0.4, -0.2) is 33.8 Å². The van der Waals surface area contributed by atoms with Crippen molar-refractivity contribution in [1.82, 2.24) is 15.0 Å². The number of nitrogens with zero attached hydrogens (tertiary/aromatic N) is 2. The van der Waals surface area contributed by atoms with Crippen molar-refractivity contribution in [3.8, 4) is 0 Å². The number of fused-ring (bicyclic) bond motifs is 1. The fourth-order valence-corrected chi connectivity index (χ4v) is 3.74. The predicted molar refractivity (Wildman–Crippen MR) is 111 cm³/mol. The summed E-state index contributed by atoms with van der Waals surface area (Å²) in [6.45, 7) is -0.278. The van der Waals surface area contributed by atoms with Crippen LogP contribution in [0.15, 0.2) is 35.1 Å². The van der Waals surface area contributed by atoms with E-state index < -0.39 is 11.7 Å². The number of aliphatic hydroxyl groups is 1. The molecule has 0 atom stereocenters. The van der Waals surface area contributed by atoms with Crippen molar-refractivity contribution in [2.75, 3.05) is 18.5 Å². The molecule has 0 bridgehead atoms. The second-order valence-corrected chi connectivity index (χ2v) is 7.65. The first-order valence-electron chi connectivity index (χ1n) is 7.81. The molecule has 1 amide bonds. The molecule has 7 nitrogen and oxygen atoms in total. The lowest BCUT2D eigenvalue weighted by molar-refractivity contribution is 0.0163. The summed E-state index contributed by atoms with van der Waals surface area (Å²) in [5.74, 6) is -0.979. The van der Waals surface area contributed by atoms with Crippen LogP contribution >= 0.6 is 38.5 Å². The number of carbonyl (C=O) groups is 1. The molecule has 0 aliphatic carbocycles. The summed E-state index contributed by atoms with van der Waals surface area (Å²) >= 11 is 5.46. The Morgan fingerprint density at radius 2 is 2.22 bits per heavy atom. The van der Waals surface area contributed by atoms with Crippen LogP contribution in [0.25, 0.3) is 10.9 Å². The van der Waals surface area contributed by atoms with E-state index in [-0.39, 0.29) is 24.6 Å². The molecule has 3 aromatic rings. The highest BCUT2D eigenvalue weighted by molar-refractivity contribution is 14.1. The van der Waals surface area contributed by atoms with E-state index >= 15 is 0 Å². The lowest BCUT2D eigenvalue weighted by Crippen LogP contribution is -2.27. The zero-order chi connectivity index (χ0) is 19.6. The van der Waals surface area contributed by atoms with E-state index in [0.717, 1.165) is 3.57 Å². The van der Waals surface area contributed by atoms with Gasteiger partial charge in [0.05, 0.1) is 34.6 Å². The van der Waals surface area contributed by atoms with Gasteiger partial charge >= 0.3 is 0 Å². The molecule has 3 rings (SSSR count). The molecule has 2 aromatic heterocycles. The Balaban J connectivity index is 2.12. The maximum Gasteiger partial charge on any atom is 0.293 e. The van der Waals surface area contributed by atoms with Gasteiger partial charge in [0.25, 0.3) is 5.91 Å². The van der Waals surface area contributed by atoms with Crippen molar-refractivity contribution in [2.24, 2.45) is 7.05 Å². The van der Waals surface area contributed by atoms with Crippen LogP contribution in [0.4, 0.5) is 15.8 Å². The van der Waals surface area contributed by atoms with Gasteiger partial charge in [0.2, 0.25) is 0 Å². The lowest BCUT2D eigenvalue weighted by Gasteiger charge is -2.11. The fraction of sp³-hybridized carbons (Fsp3) is 0.176. The van der Waals surface area contributed by atoms with E-state index in [1.54, 1.807) is 36.1 Å². The zero-order valence-electron chi connectivity index (χ0n) is 14.1. The third-order valence-corrected chi connectivity index (χ3v) is 5.07. The van der Waals surface area contributed by atoms with E-state index in [2.05, 4.69) is 31.7 Å². The lowest BCUT2D eigenvalue weighted by atomic mass is 10.2. The number of halogens is 3. The highest BCUT2D eigenvalue weighted by Crippen LogP contribution is 2.36. The number of aliphatic hydroxyl groups excluding tert-OH is 1. The minimum absolute atomic E-state index is 0.0462. The number of amides is 1. The Kier molecular flexibility index (Phi) is 6.29. The van der Waals surface area contributed by atoms with Crippen molar-refractivity contribution < 1.29 is 19.1 Å². The van der Waals surface area contributed by atoms with E-state index in [1.165, 1.54) is 6.07 Å². The number of hydrogen-bond acceptors (Lipinski definition) is 5. The maximum atomic E-state index is 14.4. The molecule has 0 spiro atoms. The van der Waals surface area contributed by atoms with E-state index in [9.17, 15) is 9.18 Å². The molecule has 0 unspecified atom stereocenters. The molecule has 142 valence electrons.